The molecule has 4 rings (SSSR count). The molecule has 10 heteroatoms. The van der Waals surface area contributed by atoms with Crippen molar-refractivity contribution >= 4 is 29.1 Å². The number of rotatable bonds is 8. The van der Waals surface area contributed by atoms with Crippen LogP contribution in [0.4, 0.5) is 0 Å². The molecule has 0 saturated carbocycles. The van der Waals surface area contributed by atoms with Gasteiger partial charge in [-0.15, -0.1) is 11.3 Å². The van der Waals surface area contributed by atoms with Crippen LogP contribution >= 0.6 is 11.3 Å². The maximum atomic E-state index is 13.4. The fourth-order valence-electron chi connectivity index (χ4n) is 4.30. The van der Waals surface area contributed by atoms with Crippen LogP contribution in [0, 0.1) is 6.92 Å². The maximum absolute atomic E-state index is 13.4. The maximum Gasteiger partial charge on any atom is 0.307 e. The Morgan fingerprint density at radius 1 is 1.22 bits per heavy atom. The number of nitrogens with one attached hydrogen (secondary N) is 1. The molecule has 1 aliphatic rings. The third-order valence-electron chi connectivity index (χ3n) is 6.17. The lowest BCUT2D eigenvalue weighted by Crippen LogP contribution is -2.38. The van der Waals surface area contributed by atoms with Crippen molar-refractivity contribution in [3.63, 3.8) is 0 Å². The van der Waals surface area contributed by atoms with Crippen molar-refractivity contribution in [2.24, 2.45) is 0 Å². The van der Waals surface area contributed by atoms with Crippen LogP contribution < -0.4 is 5.32 Å². The van der Waals surface area contributed by atoms with Gasteiger partial charge in [-0.2, -0.15) is 0 Å². The first-order chi connectivity index (χ1) is 17.4. The molecule has 2 amide bonds. The molecule has 3 aromatic rings. The molecule has 0 spiro atoms. The highest BCUT2D eigenvalue weighted by atomic mass is 32.1. The summed E-state index contributed by atoms with van der Waals surface area (Å²) in [5.41, 5.74) is 2.26. The average molecular weight is 511 g/mol. The first-order valence-electron chi connectivity index (χ1n) is 12.1. The number of carbonyl (C=O) groups excluding carboxylic acids is 3. The zero-order valence-corrected chi connectivity index (χ0v) is 21.5. The van der Waals surface area contributed by atoms with Crippen LogP contribution in [0.15, 0.2) is 40.2 Å². The summed E-state index contributed by atoms with van der Waals surface area (Å²) in [7, 11) is 0. The van der Waals surface area contributed by atoms with Crippen molar-refractivity contribution in [3.05, 3.63) is 57.7 Å². The van der Waals surface area contributed by atoms with Crippen LogP contribution in [-0.2, 0) is 9.53 Å². The molecule has 3 heterocycles. The van der Waals surface area contributed by atoms with Crippen molar-refractivity contribution < 1.29 is 23.6 Å². The Bertz CT molecular complexity index is 1210. The number of likely N-dealkylation sites (tertiary alicyclic amines) is 1. The third kappa shape index (κ3) is 5.81. The number of aromatic nitrogens is 2. The first-order valence-corrected chi connectivity index (χ1v) is 13.0. The number of thiazole rings is 1. The van der Waals surface area contributed by atoms with E-state index in [2.05, 4.69) is 15.5 Å². The van der Waals surface area contributed by atoms with Crippen molar-refractivity contribution in [2.75, 3.05) is 19.7 Å². The predicted molar refractivity (Wildman–Crippen MR) is 135 cm³/mol. The van der Waals surface area contributed by atoms with Gasteiger partial charge in [-0.3, -0.25) is 14.4 Å². The van der Waals surface area contributed by atoms with E-state index in [1.165, 1.54) is 11.3 Å². The van der Waals surface area contributed by atoms with E-state index in [1.807, 2.05) is 35.2 Å². The molecule has 1 atom stereocenters. The van der Waals surface area contributed by atoms with Gasteiger partial charge in [0, 0.05) is 36.0 Å². The molecule has 1 unspecified atom stereocenters. The normalized spacial score (nSPS) is 14.9. The van der Waals surface area contributed by atoms with Crippen LogP contribution in [0.2, 0.25) is 0 Å². The van der Waals surface area contributed by atoms with E-state index in [0.29, 0.717) is 42.4 Å². The van der Waals surface area contributed by atoms with E-state index in [0.717, 1.165) is 23.4 Å². The van der Waals surface area contributed by atoms with Gasteiger partial charge in [0.1, 0.15) is 22.7 Å². The van der Waals surface area contributed by atoms with Gasteiger partial charge in [0.2, 0.25) is 0 Å². The highest BCUT2D eigenvalue weighted by molar-refractivity contribution is 7.09. The van der Waals surface area contributed by atoms with Crippen molar-refractivity contribution in [2.45, 2.75) is 52.0 Å². The zero-order chi connectivity index (χ0) is 25.7. The lowest BCUT2D eigenvalue weighted by molar-refractivity contribution is -0.143. The summed E-state index contributed by atoms with van der Waals surface area (Å²) in [6, 6.07) is 9.20. The van der Waals surface area contributed by atoms with Gasteiger partial charge in [-0.1, -0.05) is 35.5 Å². The molecular formula is C26H30N4O5S. The summed E-state index contributed by atoms with van der Waals surface area (Å²) in [6.07, 6.45) is 1.62. The van der Waals surface area contributed by atoms with E-state index in [4.69, 9.17) is 9.26 Å². The second kappa shape index (κ2) is 11.5. The Kier molecular flexibility index (Phi) is 8.14. The third-order valence-corrected chi connectivity index (χ3v) is 7.17. The molecule has 1 aliphatic heterocycles. The SMILES string of the molecule is CCOC(=O)CC(C)NC(=O)c1csc(C2CCN(C(=O)c3c(-c4ccccc4)noc3C)CC2)n1. The summed E-state index contributed by atoms with van der Waals surface area (Å²) >= 11 is 1.45. The van der Waals surface area contributed by atoms with Gasteiger partial charge < -0.3 is 19.5 Å². The summed E-state index contributed by atoms with van der Waals surface area (Å²) in [5, 5.41) is 9.56. The summed E-state index contributed by atoms with van der Waals surface area (Å²) in [4.78, 5) is 43.9. The fourth-order valence-corrected chi connectivity index (χ4v) is 5.27. The van der Waals surface area contributed by atoms with E-state index in [1.54, 1.807) is 26.2 Å². The molecular weight excluding hydrogens is 480 g/mol. The van der Waals surface area contributed by atoms with Gasteiger partial charge in [0.15, 0.2) is 0 Å². The van der Waals surface area contributed by atoms with E-state index in [-0.39, 0.29) is 36.2 Å². The molecule has 36 heavy (non-hydrogen) atoms. The second-order valence-electron chi connectivity index (χ2n) is 8.85. The van der Waals surface area contributed by atoms with Gasteiger partial charge >= 0.3 is 5.97 Å². The fraction of sp³-hybridized carbons (Fsp3) is 0.423. The quantitative estimate of drug-likeness (QED) is 0.452. The molecule has 0 aliphatic carbocycles. The number of hydrogen-bond donors (Lipinski definition) is 1. The molecule has 1 N–H and O–H groups in total. The number of piperidine rings is 1. The standard InChI is InChI=1S/C26H30N4O5S/c1-4-34-21(31)14-16(2)27-24(32)20-15-36-25(28-20)19-10-12-30(13-11-19)26(33)22-17(3)35-29-23(22)18-8-6-5-7-9-18/h5-9,15-16,19H,4,10-14H2,1-3H3,(H,27,32). The Morgan fingerprint density at radius 2 is 1.94 bits per heavy atom. The highest BCUT2D eigenvalue weighted by Crippen LogP contribution is 2.32. The Balaban J connectivity index is 1.35. The van der Waals surface area contributed by atoms with E-state index >= 15 is 0 Å². The van der Waals surface area contributed by atoms with Gasteiger partial charge in [0.05, 0.1) is 18.0 Å². The van der Waals surface area contributed by atoms with Crippen LogP contribution in [0.3, 0.4) is 0 Å². The predicted octanol–water partition coefficient (Wildman–Crippen LogP) is 4.20. The minimum Gasteiger partial charge on any atom is -0.466 e. The van der Waals surface area contributed by atoms with E-state index in [9.17, 15) is 14.4 Å². The van der Waals surface area contributed by atoms with Crippen molar-refractivity contribution in [3.8, 4) is 11.3 Å². The number of nitrogens with zero attached hydrogens (tertiary/aromatic N) is 3. The Labute approximate surface area is 213 Å². The number of carbonyl (C=O) groups is 3. The van der Waals surface area contributed by atoms with E-state index < -0.39 is 0 Å². The smallest absolute Gasteiger partial charge is 0.307 e. The molecule has 1 saturated heterocycles. The molecule has 190 valence electrons. The van der Waals surface area contributed by atoms with Crippen LogP contribution in [0.25, 0.3) is 11.3 Å². The molecule has 1 fully saturated rings. The number of amides is 2. The van der Waals surface area contributed by atoms with Gasteiger partial charge in [-0.25, -0.2) is 4.98 Å². The van der Waals surface area contributed by atoms with Crippen molar-refractivity contribution in [1.29, 1.82) is 0 Å². The number of esters is 1. The summed E-state index contributed by atoms with van der Waals surface area (Å²) < 4.78 is 10.3. The topological polar surface area (TPSA) is 115 Å². The molecule has 0 radical (unpaired) electrons. The minimum atomic E-state index is -0.349. The second-order valence-corrected chi connectivity index (χ2v) is 9.74. The Morgan fingerprint density at radius 3 is 2.64 bits per heavy atom. The highest BCUT2D eigenvalue weighted by Gasteiger charge is 2.31. The van der Waals surface area contributed by atoms with Gasteiger partial charge in [0.25, 0.3) is 11.8 Å². The number of aryl methyl sites for hydroxylation is 1. The number of hydrogen-bond acceptors (Lipinski definition) is 8. The number of ether oxygens (including phenoxy) is 1. The Hall–Kier alpha value is -3.53. The van der Waals surface area contributed by atoms with Crippen LogP contribution in [0.1, 0.15) is 70.6 Å². The lowest BCUT2D eigenvalue weighted by Gasteiger charge is -2.31. The average Bonchev–Trinajstić information content (AvgIpc) is 3.52. The minimum absolute atomic E-state index is 0.0826. The largest absolute Gasteiger partial charge is 0.466 e. The molecule has 9 nitrogen and oxygen atoms in total. The number of benzene rings is 1. The lowest BCUT2D eigenvalue weighted by atomic mass is 9.96. The summed E-state index contributed by atoms with van der Waals surface area (Å²) in [5.74, 6) is -0.0505. The monoisotopic (exact) mass is 510 g/mol. The first kappa shape index (κ1) is 25.6. The summed E-state index contributed by atoms with van der Waals surface area (Å²) in [6.45, 7) is 6.74. The molecule has 1 aromatic carbocycles. The van der Waals surface area contributed by atoms with Crippen molar-refractivity contribution in [1.82, 2.24) is 20.4 Å². The molecule has 2 aromatic heterocycles. The van der Waals surface area contributed by atoms with Gasteiger partial charge in [-0.05, 0) is 33.6 Å². The molecule has 0 bridgehead atoms. The van der Waals surface area contributed by atoms with Crippen LogP contribution in [0.5, 0.6) is 0 Å². The zero-order valence-electron chi connectivity index (χ0n) is 20.7. The van der Waals surface area contributed by atoms with Crippen LogP contribution in [-0.4, -0.2) is 58.6 Å².